The fourth-order valence-electron chi connectivity index (χ4n) is 4.33. The van der Waals surface area contributed by atoms with E-state index < -0.39 is 0 Å². The third-order valence-corrected chi connectivity index (χ3v) is 6.08. The maximum absolute atomic E-state index is 13.2. The zero-order valence-electron chi connectivity index (χ0n) is 14.6. The lowest BCUT2D eigenvalue weighted by molar-refractivity contribution is -0.151. The van der Waals surface area contributed by atoms with E-state index in [1.807, 2.05) is 23.1 Å². The number of rotatable bonds is 5. The summed E-state index contributed by atoms with van der Waals surface area (Å²) in [6, 6.07) is 10.3. The molecule has 2 heterocycles. The number of nitrogens with zero attached hydrogens (tertiary/aromatic N) is 2. The lowest BCUT2D eigenvalue weighted by atomic mass is 9.82. The number of likely N-dealkylation sites (tertiary alicyclic amines) is 2. The molecule has 0 unspecified atom stereocenters. The summed E-state index contributed by atoms with van der Waals surface area (Å²) >= 11 is 0. The smallest absolute Gasteiger partial charge is 0.228 e. The van der Waals surface area contributed by atoms with Crippen LogP contribution in [0.5, 0.6) is 0 Å². The summed E-state index contributed by atoms with van der Waals surface area (Å²) in [6.45, 7) is 3.41. The van der Waals surface area contributed by atoms with Gasteiger partial charge >= 0.3 is 0 Å². The summed E-state index contributed by atoms with van der Waals surface area (Å²) in [5, 5.41) is 0. The normalized spacial score (nSPS) is 29.9. The maximum atomic E-state index is 13.2. The Morgan fingerprint density at radius 3 is 2.36 bits per heavy atom. The molecule has 0 spiro atoms. The Hall–Kier alpha value is -1.88. The van der Waals surface area contributed by atoms with Crippen LogP contribution in [-0.2, 0) is 9.59 Å². The van der Waals surface area contributed by atoms with Gasteiger partial charge in [-0.1, -0.05) is 30.3 Å². The number of carbonyl (C=O) groups excluding carboxylic acids is 2. The van der Waals surface area contributed by atoms with Gasteiger partial charge in [-0.3, -0.25) is 9.59 Å². The van der Waals surface area contributed by atoms with Crippen LogP contribution in [0, 0.1) is 17.8 Å². The van der Waals surface area contributed by atoms with Gasteiger partial charge in [0.2, 0.25) is 11.8 Å². The average Bonchev–Trinajstić information content (AvgIpc) is 3.38. The molecule has 5 nitrogen and oxygen atoms in total. The van der Waals surface area contributed by atoms with E-state index in [-0.39, 0.29) is 29.7 Å². The van der Waals surface area contributed by atoms with Gasteiger partial charge < -0.3 is 15.5 Å². The fourth-order valence-corrected chi connectivity index (χ4v) is 4.33. The number of hydrogen-bond donors (Lipinski definition) is 1. The standard InChI is InChI=1S/C20H27N3O2/c21-19(24)16-8-10-22(12-14-6-7-14)13-17(16)20(25)23-11-9-18(23)15-4-2-1-3-5-15/h1-5,14,16-18H,6-13H2,(H2,21,24)/t16-,17+,18-/m0/s1. The first kappa shape index (κ1) is 16.6. The topological polar surface area (TPSA) is 66.6 Å². The molecule has 3 aliphatic rings. The number of nitrogens with two attached hydrogens (primary N) is 1. The van der Waals surface area contributed by atoms with Crippen LogP contribution in [0.3, 0.4) is 0 Å². The molecule has 134 valence electrons. The van der Waals surface area contributed by atoms with Crippen molar-refractivity contribution in [3.63, 3.8) is 0 Å². The van der Waals surface area contributed by atoms with E-state index in [4.69, 9.17) is 5.73 Å². The van der Waals surface area contributed by atoms with Gasteiger partial charge in [-0.25, -0.2) is 0 Å². The minimum atomic E-state index is -0.319. The molecule has 3 atom stereocenters. The molecule has 0 bridgehead atoms. The molecular formula is C20H27N3O2. The first-order valence-corrected chi connectivity index (χ1v) is 9.50. The highest BCUT2D eigenvalue weighted by molar-refractivity contribution is 5.88. The summed E-state index contributed by atoms with van der Waals surface area (Å²) in [7, 11) is 0. The molecular weight excluding hydrogens is 314 g/mol. The predicted molar refractivity (Wildman–Crippen MR) is 95.5 cm³/mol. The number of benzene rings is 1. The molecule has 0 radical (unpaired) electrons. The monoisotopic (exact) mass is 341 g/mol. The Morgan fingerprint density at radius 1 is 1.00 bits per heavy atom. The zero-order valence-corrected chi connectivity index (χ0v) is 14.6. The molecule has 2 N–H and O–H groups in total. The van der Waals surface area contributed by atoms with Crippen LogP contribution in [0.25, 0.3) is 0 Å². The molecule has 5 heteroatoms. The van der Waals surface area contributed by atoms with E-state index in [9.17, 15) is 9.59 Å². The van der Waals surface area contributed by atoms with E-state index in [0.29, 0.717) is 13.0 Å². The van der Waals surface area contributed by atoms with Crippen LogP contribution in [0.1, 0.15) is 37.3 Å². The number of carbonyl (C=O) groups is 2. The Bertz CT molecular complexity index is 644. The van der Waals surface area contributed by atoms with Crippen molar-refractivity contribution in [2.75, 3.05) is 26.2 Å². The largest absolute Gasteiger partial charge is 0.369 e. The molecule has 2 saturated heterocycles. The summed E-state index contributed by atoms with van der Waals surface area (Å²) in [5.74, 6) is -0.0101. The van der Waals surface area contributed by atoms with Gasteiger partial charge in [-0.2, -0.15) is 0 Å². The highest BCUT2D eigenvalue weighted by Gasteiger charge is 2.44. The summed E-state index contributed by atoms with van der Waals surface area (Å²) in [4.78, 5) is 29.5. The van der Waals surface area contributed by atoms with Crippen LogP contribution in [0.4, 0.5) is 0 Å². The fraction of sp³-hybridized carbons (Fsp3) is 0.600. The molecule has 2 aliphatic heterocycles. The minimum absolute atomic E-state index is 0.115. The Labute approximate surface area is 149 Å². The van der Waals surface area contributed by atoms with Crippen LogP contribution < -0.4 is 5.73 Å². The summed E-state index contributed by atoms with van der Waals surface area (Å²) in [6.07, 6.45) is 4.31. The van der Waals surface area contributed by atoms with E-state index >= 15 is 0 Å². The second kappa shape index (κ2) is 6.79. The van der Waals surface area contributed by atoms with E-state index in [1.54, 1.807) is 0 Å². The molecule has 1 aromatic rings. The van der Waals surface area contributed by atoms with Crippen molar-refractivity contribution in [2.24, 2.45) is 23.5 Å². The van der Waals surface area contributed by atoms with Gasteiger partial charge in [0.05, 0.1) is 17.9 Å². The van der Waals surface area contributed by atoms with E-state index in [0.717, 1.165) is 32.0 Å². The third-order valence-electron chi connectivity index (χ3n) is 6.08. The third kappa shape index (κ3) is 3.43. The van der Waals surface area contributed by atoms with Gasteiger partial charge in [0.15, 0.2) is 0 Å². The molecule has 0 aromatic heterocycles. The second-order valence-corrected chi connectivity index (χ2v) is 7.85. The van der Waals surface area contributed by atoms with Crippen molar-refractivity contribution >= 4 is 11.8 Å². The lowest BCUT2D eigenvalue weighted by Gasteiger charge is -2.46. The van der Waals surface area contributed by atoms with Crippen LogP contribution in [-0.4, -0.2) is 47.8 Å². The number of primary amides is 1. The van der Waals surface area contributed by atoms with Crippen molar-refractivity contribution in [3.05, 3.63) is 35.9 Å². The van der Waals surface area contributed by atoms with Gasteiger partial charge in [0, 0.05) is 19.6 Å². The van der Waals surface area contributed by atoms with E-state index in [1.165, 1.54) is 18.4 Å². The van der Waals surface area contributed by atoms with Gasteiger partial charge in [0.25, 0.3) is 0 Å². The van der Waals surface area contributed by atoms with Crippen molar-refractivity contribution in [1.82, 2.24) is 9.80 Å². The molecule has 4 rings (SSSR count). The number of piperidine rings is 1. The zero-order chi connectivity index (χ0) is 17.4. The van der Waals surface area contributed by atoms with Crippen LogP contribution in [0.15, 0.2) is 30.3 Å². The molecule has 1 saturated carbocycles. The lowest BCUT2D eigenvalue weighted by Crippen LogP contribution is -2.55. The quantitative estimate of drug-likeness (QED) is 0.888. The van der Waals surface area contributed by atoms with E-state index in [2.05, 4.69) is 17.0 Å². The summed E-state index contributed by atoms with van der Waals surface area (Å²) < 4.78 is 0. The second-order valence-electron chi connectivity index (χ2n) is 7.85. The van der Waals surface area contributed by atoms with Crippen LogP contribution in [0.2, 0.25) is 0 Å². The SMILES string of the molecule is NC(=O)[C@H]1CCN(CC2CC2)C[C@H]1C(=O)N1CC[C@H]1c1ccccc1. The minimum Gasteiger partial charge on any atom is -0.369 e. The molecule has 1 aliphatic carbocycles. The van der Waals surface area contributed by atoms with Gasteiger partial charge in [0.1, 0.15) is 0 Å². The first-order chi connectivity index (χ1) is 12.1. The Balaban J connectivity index is 1.48. The van der Waals surface area contributed by atoms with Gasteiger partial charge in [-0.05, 0) is 43.7 Å². The Morgan fingerprint density at radius 2 is 1.76 bits per heavy atom. The Kier molecular flexibility index (Phi) is 4.50. The molecule has 2 amide bonds. The summed E-state index contributed by atoms with van der Waals surface area (Å²) in [5.41, 5.74) is 6.82. The van der Waals surface area contributed by atoms with Crippen molar-refractivity contribution in [1.29, 1.82) is 0 Å². The highest BCUT2D eigenvalue weighted by atomic mass is 16.2. The highest BCUT2D eigenvalue weighted by Crippen LogP contribution is 2.38. The number of amides is 2. The van der Waals surface area contributed by atoms with Crippen molar-refractivity contribution < 1.29 is 9.59 Å². The number of hydrogen-bond acceptors (Lipinski definition) is 3. The molecule has 3 fully saturated rings. The van der Waals surface area contributed by atoms with Gasteiger partial charge in [-0.15, -0.1) is 0 Å². The predicted octanol–water partition coefficient (Wildman–Crippen LogP) is 1.79. The molecule has 1 aromatic carbocycles. The molecule has 25 heavy (non-hydrogen) atoms. The van der Waals surface area contributed by atoms with Crippen molar-refractivity contribution in [2.45, 2.75) is 31.7 Å². The van der Waals surface area contributed by atoms with Crippen LogP contribution >= 0.6 is 0 Å². The average molecular weight is 341 g/mol. The first-order valence-electron chi connectivity index (χ1n) is 9.50. The van der Waals surface area contributed by atoms with Crippen molar-refractivity contribution in [3.8, 4) is 0 Å². The maximum Gasteiger partial charge on any atom is 0.228 e.